The summed E-state index contributed by atoms with van der Waals surface area (Å²) in [5.41, 5.74) is 0. The molecule has 1 N–H and O–H groups in total. The van der Waals surface area contributed by atoms with Gasteiger partial charge in [0.05, 0.1) is 6.04 Å². The van der Waals surface area contributed by atoms with Crippen LogP contribution >= 0.6 is 0 Å². The number of nitrogens with one attached hydrogen (secondary N) is 1. The second-order valence-electron chi connectivity index (χ2n) is 6.55. The van der Waals surface area contributed by atoms with Gasteiger partial charge in [0, 0.05) is 24.9 Å². The maximum Gasteiger partial charge on any atom is 0.225 e. The van der Waals surface area contributed by atoms with Gasteiger partial charge in [0.1, 0.15) is 11.5 Å². The third-order valence-electron chi connectivity index (χ3n) is 4.65. The number of hydrogen-bond acceptors (Lipinski definition) is 3. The van der Waals surface area contributed by atoms with Crippen LogP contribution in [0.15, 0.2) is 16.5 Å². The van der Waals surface area contributed by atoms with E-state index in [1.807, 2.05) is 30.9 Å². The van der Waals surface area contributed by atoms with Crippen molar-refractivity contribution >= 4 is 11.8 Å². The van der Waals surface area contributed by atoms with E-state index >= 15 is 0 Å². The first-order valence-electron chi connectivity index (χ1n) is 8.20. The molecule has 1 aliphatic heterocycles. The number of carbonyl (C=O) groups is 2. The van der Waals surface area contributed by atoms with Gasteiger partial charge in [-0.2, -0.15) is 0 Å². The molecule has 0 aromatic carbocycles. The van der Waals surface area contributed by atoms with Gasteiger partial charge in [0.15, 0.2) is 0 Å². The number of nitrogens with zero attached hydrogens (tertiary/aromatic N) is 1. The highest BCUT2D eigenvalue weighted by Crippen LogP contribution is 2.32. The molecule has 120 valence electrons. The molecule has 5 heteroatoms. The molecule has 0 spiro atoms. The van der Waals surface area contributed by atoms with Crippen molar-refractivity contribution in [2.45, 2.75) is 45.6 Å². The van der Waals surface area contributed by atoms with Crippen molar-refractivity contribution < 1.29 is 14.0 Å². The summed E-state index contributed by atoms with van der Waals surface area (Å²) in [5, 5.41) is 3.02. The van der Waals surface area contributed by atoms with Gasteiger partial charge < -0.3 is 14.6 Å². The van der Waals surface area contributed by atoms with Gasteiger partial charge in [-0.1, -0.05) is 0 Å². The first-order chi connectivity index (χ1) is 10.5. The molecule has 1 aromatic heterocycles. The SMILES string of the molecule is Cc1ccc(C(C)NC(=O)C2CCN(C(=O)C3CC3)CC2)o1. The summed E-state index contributed by atoms with van der Waals surface area (Å²) in [7, 11) is 0. The first-order valence-corrected chi connectivity index (χ1v) is 8.20. The molecule has 5 nitrogen and oxygen atoms in total. The van der Waals surface area contributed by atoms with Crippen LogP contribution in [0.4, 0.5) is 0 Å². The third-order valence-corrected chi connectivity index (χ3v) is 4.65. The Morgan fingerprint density at radius 1 is 1.18 bits per heavy atom. The second-order valence-corrected chi connectivity index (χ2v) is 6.55. The standard InChI is InChI=1S/C17H24N2O3/c1-11-3-6-15(22-11)12(2)18-16(20)13-7-9-19(10-8-13)17(21)14-4-5-14/h3,6,12-14H,4-5,7-10H2,1-2H3,(H,18,20). The second kappa shape index (κ2) is 6.15. The van der Waals surface area contributed by atoms with E-state index in [4.69, 9.17) is 4.42 Å². The summed E-state index contributed by atoms with van der Waals surface area (Å²) >= 11 is 0. The van der Waals surface area contributed by atoms with E-state index in [0.29, 0.717) is 19.0 Å². The van der Waals surface area contributed by atoms with E-state index in [1.165, 1.54) is 0 Å². The lowest BCUT2D eigenvalue weighted by Crippen LogP contribution is -2.43. The molecular formula is C17H24N2O3. The molecule has 1 aliphatic carbocycles. The van der Waals surface area contributed by atoms with Crippen molar-refractivity contribution in [3.8, 4) is 0 Å². The van der Waals surface area contributed by atoms with E-state index in [2.05, 4.69) is 5.32 Å². The summed E-state index contributed by atoms with van der Waals surface area (Å²) in [5.74, 6) is 2.27. The molecule has 1 atom stereocenters. The number of likely N-dealkylation sites (tertiary alicyclic amines) is 1. The van der Waals surface area contributed by atoms with Crippen LogP contribution in [-0.2, 0) is 9.59 Å². The third kappa shape index (κ3) is 3.34. The number of rotatable bonds is 4. The molecule has 22 heavy (non-hydrogen) atoms. The van der Waals surface area contributed by atoms with Gasteiger partial charge >= 0.3 is 0 Å². The molecule has 3 rings (SSSR count). The largest absolute Gasteiger partial charge is 0.464 e. The van der Waals surface area contributed by atoms with Crippen LogP contribution in [-0.4, -0.2) is 29.8 Å². The number of piperidine rings is 1. The molecule has 2 amide bonds. The average Bonchev–Trinajstić information content (AvgIpc) is 3.28. The van der Waals surface area contributed by atoms with Crippen molar-refractivity contribution in [2.24, 2.45) is 11.8 Å². The van der Waals surface area contributed by atoms with Crippen molar-refractivity contribution in [3.63, 3.8) is 0 Å². The Kier molecular flexibility index (Phi) is 4.23. The quantitative estimate of drug-likeness (QED) is 0.929. The van der Waals surface area contributed by atoms with Gasteiger partial charge in [0.2, 0.25) is 11.8 Å². The fourth-order valence-electron chi connectivity index (χ4n) is 3.04. The minimum atomic E-state index is -0.118. The zero-order chi connectivity index (χ0) is 15.7. The molecule has 2 fully saturated rings. The van der Waals surface area contributed by atoms with Crippen molar-refractivity contribution in [2.75, 3.05) is 13.1 Å². The minimum absolute atomic E-state index is 0.00163. The highest BCUT2D eigenvalue weighted by Gasteiger charge is 2.36. The van der Waals surface area contributed by atoms with E-state index in [9.17, 15) is 9.59 Å². The van der Waals surface area contributed by atoms with E-state index in [-0.39, 0.29) is 23.8 Å². The summed E-state index contributed by atoms with van der Waals surface area (Å²) in [6, 6.07) is 3.68. The molecule has 0 bridgehead atoms. The summed E-state index contributed by atoms with van der Waals surface area (Å²) in [6.45, 7) is 5.25. The Labute approximate surface area is 131 Å². The number of hydrogen-bond donors (Lipinski definition) is 1. The molecule has 1 saturated heterocycles. The van der Waals surface area contributed by atoms with Gasteiger partial charge in [-0.05, 0) is 51.7 Å². The van der Waals surface area contributed by atoms with Crippen LogP contribution in [0.25, 0.3) is 0 Å². The first kappa shape index (κ1) is 15.1. The van der Waals surface area contributed by atoms with Gasteiger partial charge in [-0.15, -0.1) is 0 Å². The van der Waals surface area contributed by atoms with Crippen molar-refractivity contribution in [1.82, 2.24) is 10.2 Å². The lowest BCUT2D eigenvalue weighted by molar-refractivity contribution is -0.136. The lowest BCUT2D eigenvalue weighted by Gasteiger charge is -2.32. The minimum Gasteiger partial charge on any atom is -0.464 e. The van der Waals surface area contributed by atoms with Gasteiger partial charge in [-0.25, -0.2) is 0 Å². The Bertz CT molecular complexity index is 554. The average molecular weight is 304 g/mol. The summed E-state index contributed by atoms with van der Waals surface area (Å²) in [6.07, 6.45) is 3.60. The molecule has 2 heterocycles. The van der Waals surface area contributed by atoms with Gasteiger partial charge in [0.25, 0.3) is 0 Å². The maximum absolute atomic E-state index is 12.4. The summed E-state index contributed by atoms with van der Waals surface area (Å²) < 4.78 is 5.55. The maximum atomic E-state index is 12.4. The number of furan rings is 1. The Hall–Kier alpha value is -1.78. The molecule has 1 aromatic rings. The smallest absolute Gasteiger partial charge is 0.225 e. The zero-order valence-corrected chi connectivity index (χ0v) is 13.3. The fraction of sp³-hybridized carbons (Fsp3) is 0.647. The van der Waals surface area contributed by atoms with Crippen LogP contribution in [0.5, 0.6) is 0 Å². The Morgan fingerprint density at radius 3 is 2.41 bits per heavy atom. The summed E-state index contributed by atoms with van der Waals surface area (Å²) in [4.78, 5) is 26.3. The Balaban J connectivity index is 1.48. The van der Waals surface area contributed by atoms with Crippen LogP contribution in [0, 0.1) is 18.8 Å². The van der Waals surface area contributed by atoms with E-state index in [1.54, 1.807) is 0 Å². The normalized spacial score (nSPS) is 20.7. The van der Waals surface area contributed by atoms with Crippen LogP contribution < -0.4 is 5.32 Å². The number of carbonyl (C=O) groups excluding carboxylic acids is 2. The van der Waals surface area contributed by atoms with Crippen LogP contribution in [0.1, 0.15) is 50.2 Å². The predicted molar refractivity (Wildman–Crippen MR) is 82.0 cm³/mol. The monoisotopic (exact) mass is 304 g/mol. The molecule has 1 saturated carbocycles. The fourth-order valence-corrected chi connectivity index (χ4v) is 3.04. The molecule has 2 aliphatic rings. The highest BCUT2D eigenvalue weighted by molar-refractivity contribution is 5.82. The topological polar surface area (TPSA) is 62.6 Å². The van der Waals surface area contributed by atoms with Gasteiger partial charge in [-0.3, -0.25) is 9.59 Å². The zero-order valence-electron chi connectivity index (χ0n) is 13.3. The molecular weight excluding hydrogens is 280 g/mol. The van der Waals surface area contributed by atoms with E-state index in [0.717, 1.165) is 37.2 Å². The highest BCUT2D eigenvalue weighted by atomic mass is 16.3. The van der Waals surface area contributed by atoms with Crippen LogP contribution in [0.2, 0.25) is 0 Å². The molecule has 0 radical (unpaired) electrons. The Morgan fingerprint density at radius 2 is 1.86 bits per heavy atom. The van der Waals surface area contributed by atoms with Crippen molar-refractivity contribution in [3.05, 3.63) is 23.7 Å². The molecule has 1 unspecified atom stereocenters. The predicted octanol–water partition coefficient (Wildman–Crippen LogP) is 2.41. The van der Waals surface area contributed by atoms with Crippen LogP contribution in [0.3, 0.4) is 0 Å². The lowest BCUT2D eigenvalue weighted by atomic mass is 9.95. The van der Waals surface area contributed by atoms with Crippen molar-refractivity contribution in [1.29, 1.82) is 0 Å². The number of aryl methyl sites for hydroxylation is 1. The number of amides is 2. The van der Waals surface area contributed by atoms with E-state index < -0.39 is 0 Å².